The van der Waals surface area contributed by atoms with Gasteiger partial charge in [-0.05, 0) is 30.1 Å². The lowest BCUT2D eigenvalue weighted by Gasteiger charge is -2.24. The molecule has 0 unspecified atom stereocenters. The van der Waals surface area contributed by atoms with E-state index in [2.05, 4.69) is 0 Å². The Labute approximate surface area is 116 Å². The van der Waals surface area contributed by atoms with Crippen LogP contribution in [-0.4, -0.2) is 30.8 Å². The van der Waals surface area contributed by atoms with Crippen molar-refractivity contribution in [3.05, 3.63) is 28.2 Å². The van der Waals surface area contributed by atoms with E-state index in [1.807, 2.05) is 6.92 Å². The lowest BCUT2D eigenvalue weighted by Crippen LogP contribution is -2.34. The molecule has 1 aromatic carbocycles. The molecule has 0 aliphatic carbocycles. The second kappa shape index (κ2) is 6.38. The number of nitrogens with zero attached hydrogens (tertiary/aromatic N) is 2. The molecule has 17 heavy (non-hydrogen) atoms. The zero-order valence-corrected chi connectivity index (χ0v) is 12.2. The summed E-state index contributed by atoms with van der Waals surface area (Å²) < 4.78 is 1.60. The lowest BCUT2D eigenvalue weighted by atomic mass is 10.3. The number of carbonyl (C=O) groups excluding carboxylic acids is 1. The zero-order chi connectivity index (χ0) is 13.0. The van der Waals surface area contributed by atoms with Gasteiger partial charge < -0.3 is 4.90 Å². The average molecular weight is 293 g/mol. The Morgan fingerprint density at radius 1 is 1.29 bits per heavy atom. The third-order valence-electron chi connectivity index (χ3n) is 1.95. The molecular formula is C11H14Cl2N2OS. The number of hydrogen-bond acceptors (Lipinski definition) is 2. The van der Waals surface area contributed by atoms with Crippen molar-refractivity contribution in [2.75, 3.05) is 24.2 Å². The SMILES string of the molecule is CCSN(C(=O)N(C)C)c1ccc(Cl)c(Cl)c1. The first-order chi connectivity index (χ1) is 7.97. The molecule has 0 aliphatic rings. The monoisotopic (exact) mass is 292 g/mol. The predicted octanol–water partition coefficient (Wildman–Crippen LogP) is 4.15. The van der Waals surface area contributed by atoms with Gasteiger partial charge in [-0.15, -0.1) is 0 Å². The highest BCUT2D eigenvalue weighted by Gasteiger charge is 2.18. The van der Waals surface area contributed by atoms with Crippen LogP contribution in [-0.2, 0) is 0 Å². The molecule has 1 rings (SSSR count). The number of rotatable bonds is 3. The van der Waals surface area contributed by atoms with Gasteiger partial charge in [0.15, 0.2) is 0 Å². The number of carbonyl (C=O) groups is 1. The quantitative estimate of drug-likeness (QED) is 0.782. The lowest BCUT2D eigenvalue weighted by molar-refractivity contribution is 0.228. The molecule has 0 N–H and O–H groups in total. The first-order valence-corrected chi connectivity index (χ1v) is 6.76. The largest absolute Gasteiger partial charge is 0.334 e. The van der Waals surface area contributed by atoms with Crippen LogP contribution in [0.2, 0.25) is 10.0 Å². The molecule has 2 amide bonds. The van der Waals surface area contributed by atoms with E-state index in [1.165, 1.54) is 16.8 Å². The Balaban J connectivity index is 3.05. The first-order valence-electron chi connectivity index (χ1n) is 5.06. The van der Waals surface area contributed by atoms with Gasteiger partial charge >= 0.3 is 6.03 Å². The summed E-state index contributed by atoms with van der Waals surface area (Å²) >= 11 is 13.2. The second-order valence-electron chi connectivity index (χ2n) is 3.49. The van der Waals surface area contributed by atoms with Gasteiger partial charge in [0.2, 0.25) is 0 Å². The maximum absolute atomic E-state index is 12.0. The van der Waals surface area contributed by atoms with Gasteiger partial charge in [-0.1, -0.05) is 30.1 Å². The van der Waals surface area contributed by atoms with Gasteiger partial charge in [0.25, 0.3) is 0 Å². The molecule has 1 aromatic rings. The van der Waals surface area contributed by atoms with Gasteiger partial charge in [-0.2, -0.15) is 0 Å². The predicted molar refractivity (Wildman–Crippen MR) is 76.2 cm³/mol. The fourth-order valence-electron chi connectivity index (χ4n) is 1.16. The highest BCUT2D eigenvalue weighted by Crippen LogP contribution is 2.30. The molecule has 0 atom stereocenters. The molecule has 3 nitrogen and oxygen atoms in total. The van der Waals surface area contributed by atoms with Crippen LogP contribution in [0.25, 0.3) is 0 Å². The molecular weight excluding hydrogens is 279 g/mol. The fourth-order valence-corrected chi connectivity index (χ4v) is 2.25. The van der Waals surface area contributed by atoms with E-state index < -0.39 is 0 Å². The number of hydrogen-bond donors (Lipinski definition) is 0. The number of anilines is 1. The van der Waals surface area contributed by atoms with Crippen molar-refractivity contribution >= 4 is 46.9 Å². The Morgan fingerprint density at radius 2 is 1.94 bits per heavy atom. The molecule has 0 heterocycles. The van der Waals surface area contributed by atoms with E-state index in [-0.39, 0.29) is 6.03 Å². The molecule has 0 saturated heterocycles. The summed E-state index contributed by atoms with van der Waals surface area (Å²) in [5.41, 5.74) is 0.727. The molecule has 0 fully saturated rings. The minimum atomic E-state index is -0.102. The van der Waals surface area contributed by atoms with Crippen molar-refractivity contribution in [2.45, 2.75) is 6.92 Å². The summed E-state index contributed by atoms with van der Waals surface area (Å²) in [5.74, 6) is 0.791. The summed E-state index contributed by atoms with van der Waals surface area (Å²) in [6, 6.07) is 5.05. The minimum absolute atomic E-state index is 0.102. The van der Waals surface area contributed by atoms with Crippen LogP contribution in [0.3, 0.4) is 0 Å². The molecule has 0 saturated carbocycles. The van der Waals surface area contributed by atoms with Crippen LogP contribution in [0, 0.1) is 0 Å². The summed E-state index contributed by atoms with van der Waals surface area (Å²) in [4.78, 5) is 13.5. The fraction of sp³-hybridized carbons (Fsp3) is 0.364. The van der Waals surface area contributed by atoms with E-state index in [1.54, 1.807) is 36.6 Å². The van der Waals surface area contributed by atoms with E-state index >= 15 is 0 Å². The van der Waals surface area contributed by atoms with E-state index in [9.17, 15) is 4.79 Å². The van der Waals surface area contributed by atoms with E-state index in [0.717, 1.165) is 11.4 Å². The Hall–Kier alpha value is -0.580. The van der Waals surface area contributed by atoms with Crippen LogP contribution in [0.5, 0.6) is 0 Å². The van der Waals surface area contributed by atoms with Crippen molar-refractivity contribution in [1.29, 1.82) is 0 Å². The van der Waals surface area contributed by atoms with E-state index in [0.29, 0.717) is 10.0 Å². The topological polar surface area (TPSA) is 23.6 Å². The second-order valence-corrected chi connectivity index (χ2v) is 5.50. The molecule has 94 valence electrons. The highest BCUT2D eigenvalue weighted by molar-refractivity contribution is 8.01. The Kier molecular flexibility index (Phi) is 5.43. The van der Waals surface area contributed by atoms with Gasteiger partial charge in [0, 0.05) is 19.8 Å². The Morgan fingerprint density at radius 3 is 2.41 bits per heavy atom. The van der Waals surface area contributed by atoms with Crippen molar-refractivity contribution in [3.63, 3.8) is 0 Å². The Bertz CT molecular complexity index is 412. The zero-order valence-electron chi connectivity index (χ0n) is 9.91. The van der Waals surface area contributed by atoms with Gasteiger partial charge in [0.05, 0.1) is 15.7 Å². The van der Waals surface area contributed by atoms with Crippen LogP contribution in [0.1, 0.15) is 6.92 Å². The van der Waals surface area contributed by atoms with Crippen LogP contribution < -0.4 is 4.31 Å². The molecule has 0 aliphatic heterocycles. The number of amides is 2. The highest BCUT2D eigenvalue weighted by atomic mass is 35.5. The minimum Gasteiger partial charge on any atom is -0.330 e. The third-order valence-corrected chi connectivity index (χ3v) is 3.57. The van der Waals surface area contributed by atoms with Gasteiger partial charge in [-0.3, -0.25) is 0 Å². The van der Waals surface area contributed by atoms with Crippen LogP contribution in [0.4, 0.5) is 10.5 Å². The average Bonchev–Trinajstić information content (AvgIpc) is 2.29. The number of benzene rings is 1. The summed E-state index contributed by atoms with van der Waals surface area (Å²) in [5, 5.41) is 0.923. The summed E-state index contributed by atoms with van der Waals surface area (Å²) in [6.45, 7) is 1.98. The van der Waals surface area contributed by atoms with Crippen molar-refractivity contribution in [1.82, 2.24) is 4.90 Å². The standard InChI is InChI=1S/C11H14Cl2N2OS/c1-4-17-15(11(16)14(2)3)8-5-6-9(12)10(13)7-8/h5-7H,4H2,1-3H3. The van der Waals surface area contributed by atoms with Crippen LogP contribution in [0.15, 0.2) is 18.2 Å². The third kappa shape index (κ3) is 3.69. The van der Waals surface area contributed by atoms with Gasteiger partial charge in [-0.25, -0.2) is 9.10 Å². The number of halogens is 2. The maximum atomic E-state index is 12.0. The van der Waals surface area contributed by atoms with Gasteiger partial charge in [0.1, 0.15) is 0 Å². The van der Waals surface area contributed by atoms with Crippen molar-refractivity contribution < 1.29 is 4.79 Å². The normalized spacial score (nSPS) is 10.2. The molecule has 6 heteroatoms. The van der Waals surface area contributed by atoms with Crippen LogP contribution >= 0.6 is 35.1 Å². The smallest absolute Gasteiger partial charge is 0.330 e. The summed E-state index contributed by atoms with van der Waals surface area (Å²) in [7, 11) is 3.42. The van der Waals surface area contributed by atoms with Crippen molar-refractivity contribution in [2.24, 2.45) is 0 Å². The van der Waals surface area contributed by atoms with Crippen molar-refractivity contribution in [3.8, 4) is 0 Å². The first kappa shape index (κ1) is 14.5. The van der Waals surface area contributed by atoms with E-state index in [4.69, 9.17) is 23.2 Å². The number of urea groups is 1. The summed E-state index contributed by atoms with van der Waals surface area (Å²) in [6.07, 6.45) is 0. The molecule has 0 radical (unpaired) electrons. The molecule has 0 bridgehead atoms. The maximum Gasteiger partial charge on any atom is 0.334 e. The molecule has 0 spiro atoms. The molecule has 0 aromatic heterocycles.